The topological polar surface area (TPSA) is 62.8 Å². The summed E-state index contributed by atoms with van der Waals surface area (Å²) < 4.78 is 48.2. The predicted molar refractivity (Wildman–Crippen MR) is 109 cm³/mol. The van der Waals surface area contributed by atoms with Crippen LogP contribution < -0.4 is 14.8 Å². The molecule has 30 heavy (non-hydrogen) atoms. The molecule has 0 radical (unpaired) electrons. The lowest BCUT2D eigenvalue weighted by atomic mass is 10.2. The SMILES string of the molecule is CN(CCOCCNC(=O)NSc1ccc(OC(F)(F)F)cc1)Cc1ccccc1. The number of hydrogen-bond acceptors (Lipinski definition) is 5. The molecule has 2 N–H and O–H groups in total. The fraction of sp³-hybridized carbons (Fsp3) is 0.350. The van der Waals surface area contributed by atoms with Crippen molar-refractivity contribution < 1.29 is 27.4 Å². The van der Waals surface area contributed by atoms with Crippen LogP contribution in [0.25, 0.3) is 0 Å². The Bertz CT molecular complexity index is 761. The third-order valence-electron chi connectivity index (χ3n) is 3.76. The Kier molecular flexibility index (Phi) is 9.78. The van der Waals surface area contributed by atoms with Gasteiger partial charge in [0.05, 0.1) is 13.2 Å². The maximum atomic E-state index is 12.1. The Balaban J connectivity index is 1.52. The number of carbonyl (C=O) groups is 1. The standard InChI is InChI=1S/C20H24F3N3O3S/c1-26(15-16-5-3-2-4-6-16)12-14-28-13-11-24-19(27)25-30-18-9-7-17(8-10-18)29-20(21,22)23/h2-10H,11-15H2,1H3,(H2,24,25,27). The van der Waals surface area contributed by atoms with Crippen LogP contribution in [0.4, 0.5) is 18.0 Å². The van der Waals surface area contributed by atoms with E-state index in [2.05, 4.69) is 31.8 Å². The highest BCUT2D eigenvalue weighted by atomic mass is 32.2. The van der Waals surface area contributed by atoms with Gasteiger partial charge in [-0.05, 0) is 48.8 Å². The molecule has 0 saturated carbocycles. The van der Waals surface area contributed by atoms with Gasteiger partial charge in [-0.3, -0.25) is 9.62 Å². The molecule has 0 spiro atoms. The molecule has 2 amide bonds. The van der Waals surface area contributed by atoms with Crippen molar-refractivity contribution in [3.8, 4) is 5.75 Å². The van der Waals surface area contributed by atoms with Gasteiger partial charge in [0, 0.05) is 24.5 Å². The smallest absolute Gasteiger partial charge is 0.406 e. The zero-order valence-corrected chi connectivity index (χ0v) is 17.3. The first-order valence-electron chi connectivity index (χ1n) is 9.18. The summed E-state index contributed by atoms with van der Waals surface area (Å²) in [6, 6.07) is 14.9. The minimum atomic E-state index is -4.73. The fourth-order valence-corrected chi connectivity index (χ4v) is 2.94. The van der Waals surface area contributed by atoms with Gasteiger partial charge >= 0.3 is 12.4 Å². The number of hydrogen-bond donors (Lipinski definition) is 2. The molecular weight excluding hydrogens is 419 g/mol. The van der Waals surface area contributed by atoms with Crippen LogP contribution in [0, 0.1) is 0 Å². The molecule has 0 unspecified atom stereocenters. The van der Waals surface area contributed by atoms with E-state index in [0.29, 0.717) is 24.7 Å². The summed E-state index contributed by atoms with van der Waals surface area (Å²) in [5.41, 5.74) is 1.23. The average Bonchev–Trinajstić information content (AvgIpc) is 2.69. The van der Waals surface area contributed by atoms with Gasteiger partial charge in [0.25, 0.3) is 0 Å². The Morgan fingerprint density at radius 3 is 2.43 bits per heavy atom. The first-order chi connectivity index (χ1) is 14.3. The summed E-state index contributed by atoms with van der Waals surface area (Å²) in [5, 5.41) is 2.64. The maximum Gasteiger partial charge on any atom is 0.573 e. The molecule has 0 aromatic heterocycles. The summed E-state index contributed by atoms with van der Waals surface area (Å²) in [5.74, 6) is -0.317. The molecule has 6 nitrogen and oxygen atoms in total. The van der Waals surface area contributed by atoms with Crippen molar-refractivity contribution in [2.75, 3.05) is 33.4 Å². The molecule has 0 saturated heterocycles. The van der Waals surface area contributed by atoms with Gasteiger partial charge in [0.2, 0.25) is 0 Å². The first kappa shape index (κ1) is 23.8. The average molecular weight is 443 g/mol. The highest BCUT2D eigenvalue weighted by Gasteiger charge is 2.30. The number of rotatable bonds is 11. The molecule has 0 bridgehead atoms. The molecule has 10 heteroatoms. The van der Waals surface area contributed by atoms with Crippen LogP contribution in [0.3, 0.4) is 0 Å². The zero-order valence-electron chi connectivity index (χ0n) is 16.4. The molecule has 0 aliphatic rings. The van der Waals surface area contributed by atoms with Crippen molar-refractivity contribution >= 4 is 18.0 Å². The minimum Gasteiger partial charge on any atom is -0.406 e. The summed E-state index contributed by atoms with van der Waals surface area (Å²) in [4.78, 5) is 14.5. The van der Waals surface area contributed by atoms with E-state index in [0.717, 1.165) is 25.0 Å². The third kappa shape index (κ3) is 10.4. The number of nitrogens with one attached hydrogen (secondary N) is 2. The second kappa shape index (κ2) is 12.3. The van der Waals surface area contributed by atoms with Crippen LogP contribution in [0.5, 0.6) is 5.75 Å². The van der Waals surface area contributed by atoms with Crippen molar-refractivity contribution in [1.82, 2.24) is 14.9 Å². The van der Waals surface area contributed by atoms with Gasteiger partial charge in [-0.2, -0.15) is 0 Å². The summed E-state index contributed by atoms with van der Waals surface area (Å²) in [6.07, 6.45) is -4.73. The van der Waals surface area contributed by atoms with E-state index in [1.54, 1.807) is 0 Å². The Morgan fingerprint density at radius 2 is 1.77 bits per heavy atom. The lowest BCUT2D eigenvalue weighted by Gasteiger charge is -2.16. The number of amides is 2. The number of nitrogens with zero attached hydrogens (tertiary/aromatic N) is 1. The number of likely N-dealkylation sites (N-methyl/N-ethyl adjacent to an activating group) is 1. The van der Waals surface area contributed by atoms with E-state index in [4.69, 9.17) is 4.74 Å². The monoisotopic (exact) mass is 443 g/mol. The molecule has 0 atom stereocenters. The van der Waals surface area contributed by atoms with Crippen molar-refractivity contribution in [3.05, 3.63) is 60.2 Å². The van der Waals surface area contributed by atoms with E-state index < -0.39 is 12.4 Å². The number of carbonyl (C=O) groups excluding carboxylic acids is 1. The number of urea groups is 1. The summed E-state index contributed by atoms with van der Waals surface area (Å²) in [6.45, 7) is 2.87. The van der Waals surface area contributed by atoms with Gasteiger partial charge in [-0.1, -0.05) is 30.3 Å². The van der Waals surface area contributed by atoms with Gasteiger partial charge in [-0.15, -0.1) is 13.2 Å². The Hall–Kier alpha value is -2.43. The molecule has 0 fully saturated rings. The second-order valence-corrected chi connectivity index (χ2v) is 7.19. The molecule has 0 aliphatic heterocycles. The van der Waals surface area contributed by atoms with Crippen LogP contribution >= 0.6 is 11.9 Å². The van der Waals surface area contributed by atoms with Crippen LogP contribution in [-0.2, 0) is 11.3 Å². The van der Waals surface area contributed by atoms with Crippen LogP contribution in [-0.4, -0.2) is 50.6 Å². The summed E-state index contributed by atoms with van der Waals surface area (Å²) in [7, 11) is 2.01. The lowest BCUT2D eigenvalue weighted by Crippen LogP contribution is -2.34. The lowest BCUT2D eigenvalue weighted by molar-refractivity contribution is -0.274. The summed E-state index contributed by atoms with van der Waals surface area (Å²) >= 11 is 0.982. The van der Waals surface area contributed by atoms with Crippen molar-refractivity contribution in [2.24, 2.45) is 0 Å². The van der Waals surface area contributed by atoms with Gasteiger partial charge in [-0.25, -0.2) is 4.79 Å². The molecule has 0 heterocycles. The number of halogens is 3. The normalized spacial score (nSPS) is 11.4. The number of benzene rings is 2. The minimum absolute atomic E-state index is 0.317. The first-order valence-corrected chi connectivity index (χ1v) is 10.0. The Morgan fingerprint density at radius 1 is 1.07 bits per heavy atom. The molecule has 2 rings (SSSR count). The van der Waals surface area contributed by atoms with Gasteiger partial charge < -0.3 is 14.8 Å². The van der Waals surface area contributed by atoms with E-state index in [1.165, 1.54) is 29.8 Å². The van der Waals surface area contributed by atoms with Crippen LogP contribution in [0.1, 0.15) is 5.56 Å². The molecular formula is C20H24F3N3O3S. The zero-order chi connectivity index (χ0) is 21.8. The molecule has 0 aliphatic carbocycles. The van der Waals surface area contributed by atoms with Crippen LogP contribution in [0.2, 0.25) is 0 Å². The van der Waals surface area contributed by atoms with E-state index >= 15 is 0 Å². The van der Waals surface area contributed by atoms with E-state index in [9.17, 15) is 18.0 Å². The maximum absolute atomic E-state index is 12.1. The van der Waals surface area contributed by atoms with E-state index in [1.807, 2.05) is 25.2 Å². The quantitative estimate of drug-likeness (QED) is 0.406. The fourth-order valence-electron chi connectivity index (χ4n) is 2.38. The van der Waals surface area contributed by atoms with E-state index in [-0.39, 0.29) is 5.75 Å². The predicted octanol–water partition coefficient (Wildman–Crippen LogP) is 4.04. The largest absolute Gasteiger partial charge is 0.573 e. The van der Waals surface area contributed by atoms with Crippen LogP contribution in [0.15, 0.2) is 59.5 Å². The molecule has 2 aromatic rings. The number of alkyl halides is 3. The molecule has 2 aromatic carbocycles. The van der Waals surface area contributed by atoms with Gasteiger partial charge in [0.1, 0.15) is 5.75 Å². The van der Waals surface area contributed by atoms with Crippen molar-refractivity contribution in [2.45, 2.75) is 17.8 Å². The number of ether oxygens (including phenoxy) is 2. The molecule has 164 valence electrons. The van der Waals surface area contributed by atoms with Crippen molar-refractivity contribution in [1.29, 1.82) is 0 Å². The van der Waals surface area contributed by atoms with Gasteiger partial charge in [0.15, 0.2) is 0 Å². The highest BCUT2D eigenvalue weighted by Crippen LogP contribution is 2.24. The Labute approximate surface area is 177 Å². The van der Waals surface area contributed by atoms with Crippen molar-refractivity contribution in [3.63, 3.8) is 0 Å². The third-order valence-corrected chi connectivity index (χ3v) is 4.56. The second-order valence-electron chi connectivity index (χ2n) is 6.31. The highest BCUT2D eigenvalue weighted by molar-refractivity contribution is 7.98.